The number of pyridine rings is 1. The molecule has 1 aliphatic heterocycles. The lowest BCUT2D eigenvalue weighted by Crippen LogP contribution is -2.40. The third-order valence-corrected chi connectivity index (χ3v) is 4.27. The van der Waals surface area contributed by atoms with Gasteiger partial charge in [-0.05, 0) is 65.2 Å². The minimum absolute atomic E-state index is 0.0532. The third kappa shape index (κ3) is 4.19. The summed E-state index contributed by atoms with van der Waals surface area (Å²) < 4.78 is 11.7. The molecule has 24 heavy (non-hydrogen) atoms. The van der Waals surface area contributed by atoms with E-state index in [1.807, 2.05) is 18.2 Å². The zero-order valence-electron chi connectivity index (χ0n) is 12.9. The van der Waals surface area contributed by atoms with Crippen molar-refractivity contribution < 1.29 is 14.3 Å². The van der Waals surface area contributed by atoms with Gasteiger partial charge in [0.1, 0.15) is 10.4 Å². The summed E-state index contributed by atoms with van der Waals surface area (Å²) in [4.78, 5) is 18.1. The van der Waals surface area contributed by atoms with E-state index in [0.717, 1.165) is 18.6 Å². The summed E-state index contributed by atoms with van der Waals surface area (Å²) in [5, 5.41) is 0.686. The maximum absolute atomic E-state index is 12.1. The van der Waals surface area contributed by atoms with Gasteiger partial charge in [-0.1, -0.05) is 11.6 Å². The van der Waals surface area contributed by atoms with Crippen LogP contribution in [0.15, 0.2) is 41.0 Å². The first kappa shape index (κ1) is 17.0. The topological polar surface area (TPSA) is 51.7 Å². The molecule has 1 aromatic carbocycles. The van der Waals surface area contributed by atoms with Crippen molar-refractivity contribution in [3.05, 3.63) is 46.0 Å². The second-order valence-electron chi connectivity index (χ2n) is 5.30. The van der Waals surface area contributed by atoms with Gasteiger partial charge in [-0.2, -0.15) is 0 Å². The number of unbranched alkanes of at least 4 members (excludes halogenated alkanes) is 1. The molecule has 0 spiro atoms. The van der Waals surface area contributed by atoms with Gasteiger partial charge in [-0.25, -0.2) is 4.98 Å². The summed E-state index contributed by atoms with van der Waals surface area (Å²) in [6.45, 7) is 1.22. The summed E-state index contributed by atoms with van der Waals surface area (Å²) >= 11 is 9.16. The largest absolute Gasteiger partial charge is 0.494 e. The lowest BCUT2D eigenvalue weighted by molar-refractivity contribution is -0.121. The zero-order chi connectivity index (χ0) is 16.9. The number of nitrogens with zero attached hydrogens (tertiary/aromatic N) is 2. The normalized spacial score (nSPS) is 13.4. The molecule has 0 atom stereocenters. The SMILES string of the molecule is O=C1COc2ccc(Br)nc2N1CCCCOc1ccc(Cl)cc1. The fourth-order valence-corrected chi connectivity index (χ4v) is 2.80. The molecule has 1 aromatic heterocycles. The van der Waals surface area contributed by atoms with Crippen molar-refractivity contribution in [2.45, 2.75) is 12.8 Å². The monoisotopic (exact) mass is 410 g/mol. The number of ether oxygens (including phenoxy) is 2. The van der Waals surface area contributed by atoms with Crippen LogP contribution in [-0.2, 0) is 4.79 Å². The highest BCUT2D eigenvalue weighted by Crippen LogP contribution is 2.31. The van der Waals surface area contributed by atoms with E-state index in [9.17, 15) is 4.79 Å². The number of carbonyl (C=O) groups excluding carboxylic acids is 1. The van der Waals surface area contributed by atoms with E-state index >= 15 is 0 Å². The summed E-state index contributed by atoms with van der Waals surface area (Å²) in [5.41, 5.74) is 0. The minimum atomic E-state index is -0.0771. The summed E-state index contributed by atoms with van der Waals surface area (Å²) in [7, 11) is 0. The molecule has 0 radical (unpaired) electrons. The second kappa shape index (κ2) is 7.85. The molecule has 1 amide bonds. The number of rotatable bonds is 6. The third-order valence-electron chi connectivity index (χ3n) is 3.57. The van der Waals surface area contributed by atoms with E-state index in [0.29, 0.717) is 34.3 Å². The van der Waals surface area contributed by atoms with Crippen LogP contribution in [0.25, 0.3) is 0 Å². The van der Waals surface area contributed by atoms with Gasteiger partial charge in [0.25, 0.3) is 5.91 Å². The van der Waals surface area contributed by atoms with Gasteiger partial charge in [0.15, 0.2) is 18.2 Å². The lowest BCUT2D eigenvalue weighted by Gasteiger charge is -2.28. The minimum Gasteiger partial charge on any atom is -0.494 e. The van der Waals surface area contributed by atoms with Crippen molar-refractivity contribution in [2.24, 2.45) is 0 Å². The molecule has 0 saturated heterocycles. The maximum atomic E-state index is 12.1. The number of benzene rings is 1. The molecular formula is C17H16BrClN2O3. The zero-order valence-corrected chi connectivity index (χ0v) is 15.2. The van der Waals surface area contributed by atoms with Crippen molar-refractivity contribution in [2.75, 3.05) is 24.7 Å². The first-order chi connectivity index (χ1) is 11.6. The molecule has 5 nitrogen and oxygen atoms in total. The Morgan fingerprint density at radius 1 is 1.21 bits per heavy atom. The predicted molar refractivity (Wildman–Crippen MR) is 96.0 cm³/mol. The van der Waals surface area contributed by atoms with Crippen molar-refractivity contribution in [3.8, 4) is 11.5 Å². The lowest BCUT2D eigenvalue weighted by atomic mass is 10.2. The van der Waals surface area contributed by atoms with Gasteiger partial charge in [0.05, 0.1) is 6.61 Å². The molecule has 126 valence electrons. The van der Waals surface area contributed by atoms with Crippen LogP contribution in [0.5, 0.6) is 11.5 Å². The number of fused-ring (bicyclic) bond motifs is 1. The Morgan fingerprint density at radius 2 is 2.00 bits per heavy atom. The van der Waals surface area contributed by atoms with Gasteiger partial charge < -0.3 is 9.47 Å². The number of hydrogen-bond acceptors (Lipinski definition) is 4. The van der Waals surface area contributed by atoms with Crippen LogP contribution in [0.1, 0.15) is 12.8 Å². The molecular weight excluding hydrogens is 396 g/mol. The van der Waals surface area contributed by atoms with Gasteiger partial charge in [-0.3, -0.25) is 9.69 Å². The number of amides is 1. The number of hydrogen-bond donors (Lipinski definition) is 0. The Kier molecular flexibility index (Phi) is 5.58. The van der Waals surface area contributed by atoms with E-state index in [4.69, 9.17) is 21.1 Å². The Labute approximate surface area is 153 Å². The molecule has 0 bridgehead atoms. The average Bonchev–Trinajstić information content (AvgIpc) is 2.58. The average molecular weight is 412 g/mol. The van der Waals surface area contributed by atoms with Crippen LogP contribution in [-0.4, -0.2) is 30.6 Å². The smallest absolute Gasteiger partial charge is 0.266 e. The van der Waals surface area contributed by atoms with Gasteiger partial charge in [0.2, 0.25) is 0 Å². The molecule has 7 heteroatoms. The fraction of sp³-hybridized carbons (Fsp3) is 0.294. The number of aromatic nitrogens is 1. The van der Waals surface area contributed by atoms with Crippen molar-refractivity contribution in [1.82, 2.24) is 4.98 Å². The van der Waals surface area contributed by atoms with Crippen LogP contribution in [0, 0.1) is 0 Å². The number of carbonyl (C=O) groups is 1. The van der Waals surface area contributed by atoms with Crippen LogP contribution in [0.4, 0.5) is 5.82 Å². The second-order valence-corrected chi connectivity index (χ2v) is 6.55. The molecule has 0 aliphatic carbocycles. The first-order valence-electron chi connectivity index (χ1n) is 7.61. The van der Waals surface area contributed by atoms with Crippen molar-refractivity contribution in [3.63, 3.8) is 0 Å². The number of halogens is 2. The van der Waals surface area contributed by atoms with Gasteiger partial charge in [0, 0.05) is 11.6 Å². The van der Waals surface area contributed by atoms with Crippen LogP contribution >= 0.6 is 27.5 Å². The maximum Gasteiger partial charge on any atom is 0.266 e. The highest BCUT2D eigenvalue weighted by Gasteiger charge is 2.26. The molecule has 1 aliphatic rings. The standard InChI is InChI=1S/C17H16BrClN2O3/c18-15-8-7-14-17(20-15)21(16(22)11-24-14)9-1-2-10-23-13-5-3-12(19)4-6-13/h3-8H,1-2,9-11H2. The van der Waals surface area contributed by atoms with Crippen molar-refractivity contribution in [1.29, 1.82) is 0 Å². The Hall–Kier alpha value is -1.79. The van der Waals surface area contributed by atoms with E-state index in [1.165, 1.54) is 0 Å². The molecule has 0 N–H and O–H groups in total. The highest BCUT2D eigenvalue weighted by molar-refractivity contribution is 9.10. The van der Waals surface area contributed by atoms with E-state index < -0.39 is 0 Å². The molecule has 2 heterocycles. The summed E-state index contributed by atoms with van der Waals surface area (Å²) in [5.74, 6) is 1.92. The van der Waals surface area contributed by atoms with Crippen LogP contribution in [0.3, 0.4) is 0 Å². The molecule has 0 unspecified atom stereocenters. The van der Waals surface area contributed by atoms with E-state index in [1.54, 1.807) is 23.1 Å². The molecule has 3 rings (SSSR count). The highest BCUT2D eigenvalue weighted by atomic mass is 79.9. The molecule has 0 fully saturated rings. The molecule has 2 aromatic rings. The van der Waals surface area contributed by atoms with Crippen molar-refractivity contribution >= 4 is 39.3 Å². The van der Waals surface area contributed by atoms with E-state index in [-0.39, 0.29) is 12.5 Å². The Morgan fingerprint density at radius 3 is 2.79 bits per heavy atom. The Bertz CT molecular complexity index is 724. The van der Waals surface area contributed by atoms with Gasteiger partial charge in [-0.15, -0.1) is 0 Å². The van der Waals surface area contributed by atoms with Crippen LogP contribution in [0.2, 0.25) is 5.02 Å². The summed E-state index contributed by atoms with van der Waals surface area (Å²) in [6.07, 6.45) is 1.64. The van der Waals surface area contributed by atoms with Crippen LogP contribution < -0.4 is 14.4 Å². The van der Waals surface area contributed by atoms with Gasteiger partial charge >= 0.3 is 0 Å². The fourth-order valence-electron chi connectivity index (χ4n) is 2.38. The quantitative estimate of drug-likeness (QED) is 0.531. The number of anilines is 1. The molecule has 0 saturated carbocycles. The van der Waals surface area contributed by atoms with E-state index in [2.05, 4.69) is 20.9 Å². The first-order valence-corrected chi connectivity index (χ1v) is 8.78. The predicted octanol–water partition coefficient (Wildman–Crippen LogP) is 4.08. The summed E-state index contributed by atoms with van der Waals surface area (Å²) in [6, 6.07) is 10.9. The Balaban J connectivity index is 1.50.